The first-order valence-corrected chi connectivity index (χ1v) is 14.1. The number of nitrogens with one attached hydrogen (secondary N) is 1. The largest absolute Gasteiger partial charge is 0.464 e. The number of nitrogens with zero attached hydrogens (tertiary/aromatic N) is 1. The summed E-state index contributed by atoms with van der Waals surface area (Å²) >= 11 is 0. The van der Waals surface area contributed by atoms with Crippen LogP contribution in [0.3, 0.4) is 0 Å². The lowest BCUT2D eigenvalue weighted by atomic mass is 9.94. The fourth-order valence-corrected chi connectivity index (χ4v) is 5.68. The van der Waals surface area contributed by atoms with Gasteiger partial charge in [0.05, 0.1) is 17.7 Å². The number of hydrogen-bond acceptors (Lipinski definition) is 5. The van der Waals surface area contributed by atoms with Gasteiger partial charge in [-0.05, 0) is 53.4 Å². The van der Waals surface area contributed by atoms with E-state index in [-0.39, 0.29) is 24.1 Å². The van der Waals surface area contributed by atoms with Crippen LogP contribution in [0.2, 0.25) is 0 Å². The predicted octanol–water partition coefficient (Wildman–Crippen LogP) is 6.97. The highest BCUT2D eigenvalue weighted by molar-refractivity contribution is 6.12. The normalized spacial score (nSPS) is 16.6. The highest BCUT2D eigenvalue weighted by Crippen LogP contribution is 2.43. The monoisotopic (exact) mass is 568 g/mol. The number of cyclic esters (lactones) is 1. The third kappa shape index (κ3) is 6.28. The van der Waals surface area contributed by atoms with Gasteiger partial charge in [-0.25, -0.2) is 4.39 Å². The third-order valence-electron chi connectivity index (χ3n) is 7.43. The van der Waals surface area contributed by atoms with Crippen molar-refractivity contribution in [3.63, 3.8) is 0 Å². The van der Waals surface area contributed by atoms with Crippen molar-refractivity contribution in [3.05, 3.63) is 102 Å². The summed E-state index contributed by atoms with van der Waals surface area (Å²) in [6.45, 7) is 4.83. The minimum atomic E-state index is -0.536. The number of rotatable bonds is 10. The fraction of sp³-hybridized carbons (Fsp3) is 0.265. The molecule has 1 aliphatic rings. The van der Waals surface area contributed by atoms with Gasteiger partial charge in [0.25, 0.3) is 12.4 Å². The Morgan fingerprint density at radius 1 is 1.02 bits per heavy atom. The molecule has 0 saturated carbocycles. The van der Waals surface area contributed by atoms with Gasteiger partial charge in [-0.2, -0.15) is 0 Å². The second-order valence-corrected chi connectivity index (χ2v) is 10.7. The molecule has 1 saturated heterocycles. The van der Waals surface area contributed by atoms with Crippen LogP contribution in [0, 0.1) is 5.82 Å². The molecule has 0 spiro atoms. The zero-order valence-electron chi connectivity index (χ0n) is 23.6. The van der Waals surface area contributed by atoms with Crippen molar-refractivity contribution in [1.82, 2.24) is 4.57 Å². The fourth-order valence-electron chi connectivity index (χ4n) is 5.68. The standard InChI is InChI=1S/C34H33FN2O5/c1-22(2)32-31(34(40)36-26-11-7-4-8-12-26)30(23-9-5-3-6-10-23)33(24-13-15-25(35)16-14-24)37(32)18-17-27-19-28(41-21-38)20-29(39)42-27/h3-16,21-22,27-28H,17-20H2,1-2H3,(H,36,40). The number of ether oxygens (including phenoxy) is 2. The Morgan fingerprint density at radius 3 is 2.33 bits per heavy atom. The van der Waals surface area contributed by atoms with Crippen LogP contribution in [0.1, 0.15) is 55.1 Å². The third-order valence-corrected chi connectivity index (χ3v) is 7.43. The summed E-state index contributed by atoms with van der Waals surface area (Å²) in [6.07, 6.45) is -0.158. The van der Waals surface area contributed by atoms with Crippen LogP contribution in [0.5, 0.6) is 0 Å². The Hall–Kier alpha value is -4.72. The van der Waals surface area contributed by atoms with Crippen molar-refractivity contribution in [2.45, 2.75) is 57.8 Å². The molecule has 2 unspecified atom stereocenters. The number of esters is 1. The van der Waals surface area contributed by atoms with E-state index < -0.39 is 18.2 Å². The van der Waals surface area contributed by atoms with E-state index in [2.05, 4.69) is 9.88 Å². The van der Waals surface area contributed by atoms with Crippen LogP contribution in [0.25, 0.3) is 22.4 Å². The number of hydrogen-bond donors (Lipinski definition) is 1. The molecule has 2 heterocycles. The molecule has 8 heteroatoms. The van der Waals surface area contributed by atoms with Crippen molar-refractivity contribution in [2.24, 2.45) is 0 Å². The van der Waals surface area contributed by atoms with E-state index in [0.717, 1.165) is 28.1 Å². The number of amides is 1. The zero-order chi connectivity index (χ0) is 29.6. The number of benzene rings is 3. The van der Waals surface area contributed by atoms with Gasteiger partial charge in [0.1, 0.15) is 18.0 Å². The number of aromatic nitrogens is 1. The lowest BCUT2D eigenvalue weighted by Crippen LogP contribution is -2.34. The number of para-hydroxylation sites is 1. The zero-order valence-corrected chi connectivity index (χ0v) is 23.6. The lowest BCUT2D eigenvalue weighted by molar-refractivity contribution is -0.164. The summed E-state index contributed by atoms with van der Waals surface area (Å²) in [5, 5.41) is 3.06. The molecule has 4 aromatic rings. The Bertz CT molecular complexity index is 1550. The highest BCUT2D eigenvalue weighted by Gasteiger charge is 2.33. The van der Waals surface area contributed by atoms with Crippen molar-refractivity contribution in [1.29, 1.82) is 0 Å². The summed E-state index contributed by atoms with van der Waals surface area (Å²) in [4.78, 5) is 37.3. The van der Waals surface area contributed by atoms with Gasteiger partial charge in [0.2, 0.25) is 0 Å². The summed E-state index contributed by atoms with van der Waals surface area (Å²) in [7, 11) is 0. The van der Waals surface area contributed by atoms with Crippen molar-refractivity contribution < 1.29 is 28.2 Å². The molecule has 0 aliphatic carbocycles. The van der Waals surface area contributed by atoms with E-state index in [9.17, 15) is 18.8 Å². The molecule has 216 valence electrons. The van der Waals surface area contributed by atoms with Gasteiger partial charge in [0, 0.05) is 36.3 Å². The highest BCUT2D eigenvalue weighted by atomic mass is 19.1. The van der Waals surface area contributed by atoms with Crippen LogP contribution in [0.15, 0.2) is 84.9 Å². The first-order chi connectivity index (χ1) is 20.4. The van der Waals surface area contributed by atoms with Crippen molar-refractivity contribution in [2.75, 3.05) is 5.32 Å². The molecular weight excluding hydrogens is 535 g/mol. The molecule has 3 aromatic carbocycles. The second-order valence-electron chi connectivity index (χ2n) is 10.7. The average Bonchev–Trinajstić information content (AvgIpc) is 3.33. The maximum atomic E-state index is 14.1. The molecule has 7 nitrogen and oxygen atoms in total. The van der Waals surface area contributed by atoms with Crippen LogP contribution >= 0.6 is 0 Å². The SMILES string of the molecule is CC(C)c1c(C(=O)Nc2ccccc2)c(-c2ccccc2)c(-c2ccc(F)cc2)n1CCC1CC(OC=O)CC(=O)O1. The minimum absolute atomic E-state index is 0.0266. The number of halogens is 1. The molecule has 1 aromatic heterocycles. The smallest absolute Gasteiger partial charge is 0.309 e. The lowest BCUT2D eigenvalue weighted by Gasteiger charge is -2.28. The summed E-state index contributed by atoms with van der Waals surface area (Å²) in [5.74, 6) is -1.10. The van der Waals surface area contributed by atoms with Crippen molar-refractivity contribution in [3.8, 4) is 22.4 Å². The van der Waals surface area contributed by atoms with Crippen molar-refractivity contribution >= 4 is 24.0 Å². The second kappa shape index (κ2) is 12.9. The van der Waals surface area contributed by atoms with Crippen LogP contribution < -0.4 is 5.32 Å². The summed E-state index contributed by atoms with van der Waals surface area (Å²) < 4.78 is 26.9. The van der Waals surface area contributed by atoms with Gasteiger partial charge in [-0.1, -0.05) is 62.4 Å². The van der Waals surface area contributed by atoms with Crippen LogP contribution in [-0.2, 0) is 25.6 Å². The summed E-state index contributed by atoms with van der Waals surface area (Å²) in [5.41, 5.74) is 5.11. The molecule has 5 rings (SSSR count). The first-order valence-electron chi connectivity index (χ1n) is 14.1. The van der Waals surface area contributed by atoms with E-state index in [1.807, 2.05) is 74.5 Å². The minimum Gasteiger partial charge on any atom is -0.464 e. The molecule has 1 fully saturated rings. The Labute approximate surface area is 244 Å². The van der Waals surface area contributed by atoms with Gasteiger partial charge in [-0.3, -0.25) is 14.4 Å². The molecule has 1 amide bonds. The van der Waals surface area contributed by atoms with Gasteiger partial charge in [-0.15, -0.1) is 0 Å². The maximum Gasteiger partial charge on any atom is 0.309 e. The molecule has 2 atom stereocenters. The van der Waals surface area contributed by atoms with E-state index in [1.165, 1.54) is 12.1 Å². The van der Waals surface area contributed by atoms with Gasteiger partial charge < -0.3 is 19.4 Å². The van der Waals surface area contributed by atoms with Gasteiger partial charge in [0.15, 0.2) is 0 Å². The maximum absolute atomic E-state index is 14.1. The average molecular weight is 569 g/mol. The topological polar surface area (TPSA) is 86.6 Å². The Balaban J connectivity index is 1.68. The first kappa shape index (κ1) is 28.8. The molecule has 1 aliphatic heterocycles. The summed E-state index contributed by atoms with van der Waals surface area (Å²) in [6, 6.07) is 25.2. The van der Waals surface area contributed by atoms with E-state index in [4.69, 9.17) is 9.47 Å². The molecule has 42 heavy (non-hydrogen) atoms. The molecular formula is C34H33FN2O5. The molecule has 0 radical (unpaired) electrons. The number of anilines is 1. The van der Waals surface area contributed by atoms with E-state index in [0.29, 0.717) is 37.1 Å². The number of carbonyl (C=O) groups excluding carboxylic acids is 3. The Morgan fingerprint density at radius 2 is 1.69 bits per heavy atom. The number of carbonyl (C=O) groups is 3. The molecule has 1 N–H and O–H groups in total. The van der Waals surface area contributed by atoms with Crippen LogP contribution in [0.4, 0.5) is 10.1 Å². The quantitative estimate of drug-likeness (QED) is 0.165. The predicted molar refractivity (Wildman–Crippen MR) is 158 cm³/mol. The van der Waals surface area contributed by atoms with E-state index in [1.54, 1.807) is 12.1 Å². The van der Waals surface area contributed by atoms with Gasteiger partial charge >= 0.3 is 5.97 Å². The van der Waals surface area contributed by atoms with E-state index >= 15 is 0 Å². The molecule has 0 bridgehead atoms. The Kier molecular flexibility index (Phi) is 8.81. The van der Waals surface area contributed by atoms with Crippen LogP contribution in [-0.4, -0.2) is 35.1 Å².